The molecule has 9 heteroatoms. The summed E-state index contributed by atoms with van der Waals surface area (Å²) in [7, 11) is 0. The summed E-state index contributed by atoms with van der Waals surface area (Å²) in [6.07, 6.45) is -0.203. The van der Waals surface area contributed by atoms with E-state index in [1.807, 2.05) is 13.8 Å². The maximum Gasteiger partial charge on any atom is 0.221 e. The van der Waals surface area contributed by atoms with Crippen LogP contribution in [-0.2, 0) is 9.63 Å². The number of pyridine rings is 2. The van der Waals surface area contributed by atoms with Gasteiger partial charge < -0.3 is 10.2 Å². The van der Waals surface area contributed by atoms with Crippen molar-refractivity contribution in [2.24, 2.45) is 5.16 Å². The molecular weight excluding hydrogens is 467 g/mol. The normalized spacial score (nSPS) is 18.1. The lowest BCUT2D eigenvalue weighted by Gasteiger charge is -2.19. The highest BCUT2D eigenvalue weighted by Crippen LogP contribution is 2.32. The second kappa shape index (κ2) is 7.88. The lowest BCUT2D eigenvalue weighted by atomic mass is 9.95. The van der Waals surface area contributed by atoms with E-state index in [2.05, 4.69) is 26.4 Å². The quantitative estimate of drug-likeness (QED) is 0.593. The van der Waals surface area contributed by atoms with E-state index < -0.39 is 5.82 Å². The van der Waals surface area contributed by atoms with Crippen molar-refractivity contribution >= 4 is 44.3 Å². The zero-order valence-electron chi connectivity index (χ0n) is 17.4. The van der Waals surface area contributed by atoms with Gasteiger partial charge in [-0.15, -0.1) is 0 Å². The number of fused-ring (bicyclic) bond motifs is 1. The summed E-state index contributed by atoms with van der Waals surface area (Å²) in [5, 5.41) is 7.07. The van der Waals surface area contributed by atoms with Crippen molar-refractivity contribution in [2.45, 2.75) is 39.7 Å². The Morgan fingerprint density at radius 2 is 2.00 bits per heavy atom. The number of rotatable bonds is 3. The lowest BCUT2D eigenvalue weighted by Crippen LogP contribution is -2.20. The predicted octanol–water partition coefficient (Wildman–Crippen LogP) is 4.43. The van der Waals surface area contributed by atoms with E-state index in [1.165, 1.54) is 25.1 Å². The van der Waals surface area contributed by atoms with Gasteiger partial charge in [-0.05, 0) is 61.0 Å². The van der Waals surface area contributed by atoms with E-state index in [1.54, 1.807) is 23.6 Å². The topological polar surface area (TPSA) is 85.6 Å². The second-order valence-corrected chi connectivity index (χ2v) is 8.43. The van der Waals surface area contributed by atoms with Gasteiger partial charge in [0.1, 0.15) is 17.6 Å². The highest BCUT2D eigenvalue weighted by molar-refractivity contribution is 9.10. The average molecular weight is 487 g/mol. The number of nitrogens with one attached hydrogen (secondary N) is 1. The minimum atomic E-state index is -0.531. The number of carbonyl (C=O) groups is 1. The third-order valence-corrected chi connectivity index (χ3v) is 5.91. The molecule has 1 aliphatic heterocycles. The number of oxime groups is 1. The Hall–Kier alpha value is -3.07. The van der Waals surface area contributed by atoms with Crippen molar-refractivity contribution in [2.75, 3.05) is 5.32 Å². The van der Waals surface area contributed by atoms with E-state index in [4.69, 9.17) is 9.82 Å². The summed E-state index contributed by atoms with van der Waals surface area (Å²) in [4.78, 5) is 34.3. The van der Waals surface area contributed by atoms with Gasteiger partial charge in [-0.25, -0.2) is 9.37 Å². The highest BCUT2D eigenvalue weighted by atomic mass is 79.9. The van der Waals surface area contributed by atoms with Crippen LogP contribution in [0.3, 0.4) is 0 Å². The summed E-state index contributed by atoms with van der Waals surface area (Å²) in [5.74, 6) is -0.986. The Bertz CT molecular complexity index is 1320. The van der Waals surface area contributed by atoms with Crippen molar-refractivity contribution in [3.8, 4) is 5.69 Å². The standard InChI is InChI=1S/C22H20BrFN4O3/c1-10-7-20(30)14-5-6-17(21-11(2)27-31-12(21)3)26-22(14)28(10)19-9-18(25-13(4)29)15(23)8-16(19)24/h5-9,12,21H,1-4H3,(H,25,29). The number of benzene rings is 1. The van der Waals surface area contributed by atoms with Crippen LogP contribution in [0.2, 0.25) is 0 Å². The molecule has 1 amide bonds. The number of anilines is 1. The summed E-state index contributed by atoms with van der Waals surface area (Å²) >= 11 is 3.28. The Morgan fingerprint density at radius 1 is 1.26 bits per heavy atom. The van der Waals surface area contributed by atoms with E-state index in [9.17, 15) is 9.59 Å². The van der Waals surface area contributed by atoms with Gasteiger partial charge in [0.2, 0.25) is 5.91 Å². The van der Waals surface area contributed by atoms with Crippen molar-refractivity contribution in [1.82, 2.24) is 9.55 Å². The molecule has 3 heterocycles. The number of halogens is 2. The van der Waals surface area contributed by atoms with E-state index >= 15 is 4.39 Å². The zero-order chi connectivity index (χ0) is 22.4. The number of carbonyl (C=O) groups excluding carboxylic acids is 1. The third kappa shape index (κ3) is 3.74. The molecule has 1 aliphatic rings. The average Bonchev–Trinajstić information content (AvgIpc) is 3.02. The summed E-state index contributed by atoms with van der Waals surface area (Å²) in [6, 6.07) is 7.70. The minimum Gasteiger partial charge on any atom is -0.392 e. The molecule has 2 unspecified atom stereocenters. The molecule has 160 valence electrons. The van der Waals surface area contributed by atoms with Crippen molar-refractivity contribution in [3.63, 3.8) is 0 Å². The molecule has 0 aliphatic carbocycles. The minimum absolute atomic E-state index is 0.167. The van der Waals surface area contributed by atoms with Crippen molar-refractivity contribution in [3.05, 3.63) is 62.2 Å². The van der Waals surface area contributed by atoms with Crippen LogP contribution < -0.4 is 10.7 Å². The van der Waals surface area contributed by atoms with Crippen molar-refractivity contribution < 1.29 is 14.0 Å². The first kappa shape index (κ1) is 21.2. The molecule has 1 N–H and O–H groups in total. The van der Waals surface area contributed by atoms with Crippen LogP contribution in [0.5, 0.6) is 0 Å². The van der Waals surface area contributed by atoms with E-state index in [0.717, 1.165) is 5.71 Å². The Morgan fingerprint density at radius 3 is 2.65 bits per heavy atom. The van der Waals surface area contributed by atoms with Crippen LogP contribution in [0.15, 0.2) is 44.8 Å². The molecule has 0 saturated heterocycles. The van der Waals surface area contributed by atoms with Crippen LogP contribution in [-0.4, -0.2) is 27.3 Å². The van der Waals surface area contributed by atoms with E-state index in [-0.39, 0.29) is 29.0 Å². The molecule has 0 fully saturated rings. The molecule has 0 radical (unpaired) electrons. The van der Waals surface area contributed by atoms with Gasteiger partial charge in [0.05, 0.1) is 34.1 Å². The zero-order valence-corrected chi connectivity index (χ0v) is 18.9. The molecule has 1 aromatic carbocycles. The monoisotopic (exact) mass is 486 g/mol. The molecule has 0 bridgehead atoms. The lowest BCUT2D eigenvalue weighted by molar-refractivity contribution is -0.114. The summed E-state index contributed by atoms with van der Waals surface area (Å²) in [6.45, 7) is 6.84. The van der Waals surface area contributed by atoms with Crippen LogP contribution >= 0.6 is 15.9 Å². The molecule has 2 aromatic heterocycles. The molecule has 4 rings (SSSR count). The number of nitrogens with zero attached hydrogens (tertiary/aromatic N) is 3. The fourth-order valence-corrected chi connectivity index (χ4v) is 4.29. The maximum absolute atomic E-state index is 15.1. The second-order valence-electron chi connectivity index (χ2n) is 7.58. The molecule has 0 saturated carbocycles. The number of amides is 1. The first-order chi connectivity index (χ1) is 14.7. The van der Waals surface area contributed by atoms with Gasteiger partial charge in [0.25, 0.3) is 0 Å². The summed E-state index contributed by atoms with van der Waals surface area (Å²) in [5.41, 5.74) is 2.67. The Labute approximate surface area is 186 Å². The van der Waals surface area contributed by atoms with Gasteiger partial charge >= 0.3 is 0 Å². The molecule has 2 atom stereocenters. The summed E-state index contributed by atoms with van der Waals surface area (Å²) < 4.78 is 17.1. The smallest absolute Gasteiger partial charge is 0.221 e. The van der Waals surface area contributed by atoms with Gasteiger partial charge in [-0.3, -0.25) is 14.2 Å². The molecule has 31 heavy (non-hydrogen) atoms. The van der Waals surface area contributed by atoms with Crippen LogP contribution in [0, 0.1) is 12.7 Å². The van der Waals surface area contributed by atoms with Crippen LogP contribution in [0.1, 0.15) is 38.1 Å². The fourth-order valence-electron chi connectivity index (χ4n) is 3.87. The van der Waals surface area contributed by atoms with Gasteiger partial charge in [0.15, 0.2) is 5.43 Å². The molecule has 7 nitrogen and oxygen atoms in total. The number of hydrogen-bond acceptors (Lipinski definition) is 5. The molecule has 3 aromatic rings. The number of hydrogen-bond donors (Lipinski definition) is 1. The molecule has 0 spiro atoms. The molecular formula is C22H20BrFN4O3. The van der Waals surface area contributed by atoms with Crippen LogP contribution in [0.25, 0.3) is 16.7 Å². The largest absolute Gasteiger partial charge is 0.392 e. The predicted molar refractivity (Wildman–Crippen MR) is 120 cm³/mol. The maximum atomic E-state index is 15.1. The highest BCUT2D eigenvalue weighted by Gasteiger charge is 2.31. The number of aryl methyl sites for hydroxylation is 1. The van der Waals surface area contributed by atoms with Crippen LogP contribution in [0.4, 0.5) is 10.1 Å². The van der Waals surface area contributed by atoms with Crippen molar-refractivity contribution in [1.29, 1.82) is 0 Å². The fraction of sp³-hybridized carbons (Fsp3) is 0.273. The third-order valence-electron chi connectivity index (χ3n) is 5.26. The first-order valence-electron chi connectivity index (χ1n) is 9.68. The van der Waals surface area contributed by atoms with E-state index in [0.29, 0.717) is 32.6 Å². The first-order valence-corrected chi connectivity index (χ1v) is 10.5. The Balaban J connectivity index is 2.00. The van der Waals surface area contributed by atoms with Gasteiger partial charge in [0, 0.05) is 23.2 Å². The van der Waals surface area contributed by atoms with Gasteiger partial charge in [-0.2, -0.15) is 0 Å². The number of aromatic nitrogens is 2. The SMILES string of the molecule is CC(=O)Nc1cc(-n2c(C)cc(=O)c3ccc(C4C(C)=NOC4C)nc32)c(F)cc1Br. The Kier molecular flexibility index (Phi) is 5.38. The van der Waals surface area contributed by atoms with Gasteiger partial charge in [-0.1, -0.05) is 5.16 Å².